The van der Waals surface area contributed by atoms with Crippen LogP contribution in [0.4, 0.5) is 0 Å². The molecular formula is C12H14O4. The van der Waals surface area contributed by atoms with E-state index in [-0.39, 0.29) is 12.2 Å². The van der Waals surface area contributed by atoms with Gasteiger partial charge in [0.15, 0.2) is 0 Å². The number of carbonyl (C=O) groups is 2. The smallest absolute Gasteiger partial charge is 0.338 e. The molecule has 4 nitrogen and oxygen atoms in total. The Bertz CT molecular complexity index is 435. The number of ether oxygens (including phenoxy) is 1. The fraction of sp³-hybridized carbons (Fsp3) is 0.333. The first-order valence-electron chi connectivity index (χ1n) is 4.99. The van der Waals surface area contributed by atoms with Crippen molar-refractivity contribution in [2.45, 2.75) is 20.8 Å². The minimum Gasteiger partial charge on any atom is -0.478 e. The van der Waals surface area contributed by atoms with Crippen molar-refractivity contribution < 1.29 is 19.4 Å². The average molecular weight is 222 g/mol. The van der Waals surface area contributed by atoms with Crippen LogP contribution in [0.3, 0.4) is 0 Å². The van der Waals surface area contributed by atoms with Crippen LogP contribution >= 0.6 is 0 Å². The fourth-order valence-corrected chi connectivity index (χ4v) is 1.60. The number of carboxylic acid groups (broad SMARTS) is 1. The van der Waals surface area contributed by atoms with Gasteiger partial charge in [-0.25, -0.2) is 9.59 Å². The lowest BCUT2D eigenvalue weighted by Crippen LogP contribution is -2.12. The van der Waals surface area contributed by atoms with Crippen LogP contribution in [0.25, 0.3) is 0 Å². The van der Waals surface area contributed by atoms with E-state index in [1.54, 1.807) is 26.8 Å². The zero-order chi connectivity index (χ0) is 12.3. The lowest BCUT2D eigenvalue weighted by molar-refractivity contribution is 0.0524. The number of rotatable bonds is 3. The van der Waals surface area contributed by atoms with E-state index in [1.807, 2.05) is 0 Å². The minimum absolute atomic E-state index is 0.133. The third-order valence-corrected chi connectivity index (χ3v) is 2.38. The van der Waals surface area contributed by atoms with Gasteiger partial charge in [-0.3, -0.25) is 0 Å². The predicted molar refractivity (Wildman–Crippen MR) is 58.8 cm³/mol. The maximum atomic E-state index is 11.6. The van der Waals surface area contributed by atoms with E-state index in [4.69, 9.17) is 9.84 Å². The van der Waals surface area contributed by atoms with Crippen LogP contribution in [0, 0.1) is 13.8 Å². The molecule has 1 rings (SSSR count). The maximum absolute atomic E-state index is 11.6. The number of esters is 1. The molecule has 0 aliphatic heterocycles. The number of aromatic carboxylic acids is 1. The van der Waals surface area contributed by atoms with Crippen LogP contribution in [0.2, 0.25) is 0 Å². The molecule has 1 aromatic carbocycles. The standard InChI is InChI=1S/C12H14O4/c1-4-16-12(15)10-7(2)5-6-9(8(10)3)11(13)14/h5-6H,4H2,1-3H3,(H,13,14). The van der Waals surface area contributed by atoms with E-state index < -0.39 is 11.9 Å². The van der Waals surface area contributed by atoms with E-state index >= 15 is 0 Å². The topological polar surface area (TPSA) is 63.6 Å². The quantitative estimate of drug-likeness (QED) is 0.796. The third-order valence-electron chi connectivity index (χ3n) is 2.38. The molecule has 1 N–H and O–H groups in total. The van der Waals surface area contributed by atoms with Gasteiger partial charge in [0.25, 0.3) is 0 Å². The molecule has 0 atom stereocenters. The zero-order valence-corrected chi connectivity index (χ0v) is 9.53. The van der Waals surface area contributed by atoms with Gasteiger partial charge in [0.2, 0.25) is 0 Å². The second-order valence-corrected chi connectivity index (χ2v) is 3.46. The van der Waals surface area contributed by atoms with Crippen molar-refractivity contribution in [2.24, 2.45) is 0 Å². The normalized spacial score (nSPS) is 9.94. The van der Waals surface area contributed by atoms with Crippen molar-refractivity contribution in [3.05, 3.63) is 34.4 Å². The van der Waals surface area contributed by atoms with Crippen molar-refractivity contribution >= 4 is 11.9 Å². The molecule has 0 radical (unpaired) electrons. The van der Waals surface area contributed by atoms with Gasteiger partial charge >= 0.3 is 11.9 Å². The Hall–Kier alpha value is -1.84. The van der Waals surface area contributed by atoms with Gasteiger partial charge in [-0.1, -0.05) is 6.07 Å². The first-order valence-corrected chi connectivity index (χ1v) is 4.99. The van der Waals surface area contributed by atoms with Gasteiger partial charge in [-0.2, -0.15) is 0 Å². The molecule has 0 aliphatic carbocycles. The molecule has 16 heavy (non-hydrogen) atoms. The highest BCUT2D eigenvalue weighted by atomic mass is 16.5. The van der Waals surface area contributed by atoms with Crippen LogP contribution in [-0.2, 0) is 4.74 Å². The molecule has 0 bridgehead atoms. The van der Waals surface area contributed by atoms with E-state index in [2.05, 4.69) is 0 Å². The molecule has 0 unspecified atom stereocenters. The van der Waals surface area contributed by atoms with Crippen molar-refractivity contribution in [2.75, 3.05) is 6.61 Å². The zero-order valence-electron chi connectivity index (χ0n) is 9.53. The summed E-state index contributed by atoms with van der Waals surface area (Å²) in [5.74, 6) is -1.51. The lowest BCUT2D eigenvalue weighted by Gasteiger charge is -2.10. The second-order valence-electron chi connectivity index (χ2n) is 3.46. The Kier molecular flexibility index (Phi) is 3.66. The van der Waals surface area contributed by atoms with Gasteiger partial charge in [-0.15, -0.1) is 0 Å². The molecule has 0 saturated heterocycles. The van der Waals surface area contributed by atoms with Gasteiger partial charge < -0.3 is 9.84 Å². The Labute approximate surface area is 93.9 Å². The minimum atomic E-state index is -1.04. The average Bonchev–Trinajstić information content (AvgIpc) is 2.17. The number of carboxylic acids is 1. The molecule has 0 spiro atoms. The van der Waals surface area contributed by atoms with Gasteiger partial charge in [-0.05, 0) is 38.0 Å². The van der Waals surface area contributed by atoms with E-state index in [9.17, 15) is 9.59 Å². The Morgan fingerprint density at radius 3 is 2.44 bits per heavy atom. The molecule has 1 aromatic rings. The Morgan fingerprint density at radius 1 is 1.31 bits per heavy atom. The summed E-state index contributed by atoms with van der Waals surface area (Å²) in [5.41, 5.74) is 1.65. The Morgan fingerprint density at radius 2 is 1.94 bits per heavy atom. The SMILES string of the molecule is CCOC(=O)c1c(C)ccc(C(=O)O)c1C. The van der Waals surface area contributed by atoms with Crippen molar-refractivity contribution in [3.8, 4) is 0 Å². The van der Waals surface area contributed by atoms with E-state index in [0.29, 0.717) is 11.1 Å². The first-order chi connectivity index (χ1) is 7.49. The summed E-state index contributed by atoms with van der Waals surface area (Å²) in [4.78, 5) is 22.6. The van der Waals surface area contributed by atoms with E-state index in [1.165, 1.54) is 6.07 Å². The van der Waals surface area contributed by atoms with Crippen LogP contribution in [-0.4, -0.2) is 23.7 Å². The van der Waals surface area contributed by atoms with Crippen molar-refractivity contribution in [3.63, 3.8) is 0 Å². The summed E-state index contributed by atoms with van der Waals surface area (Å²) in [5, 5.41) is 8.94. The van der Waals surface area contributed by atoms with Gasteiger partial charge in [0.05, 0.1) is 17.7 Å². The number of hydrogen-bond acceptors (Lipinski definition) is 3. The van der Waals surface area contributed by atoms with Crippen LogP contribution in [0.1, 0.15) is 38.8 Å². The summed E-state index contributed by atoms with van der Waals surface area (Å²) in [6, 6.07) is 3.11. The monoisotopic (exact) mass is 222 g/mol. The molecule has 86 valence electrons. The highest BCUT2D eigenvalue weighted by molar-refractivity contribution is 5.98. The van der Waals surface area contributed by atoms with E-state index in [0.717, 1.165) is 5.56 Å². The summed E-state index contributed by atoms with van der Waals surface area (Å²) in [7, 11) is 0. The summed E-state index contributed by atoms with van der Waals surface area (Å²) in [6.07, 6.45) is 0. The molecule has 0 saturated carbocycles. The molecule has 0 amide bonds. The lowest BCUT2D eigenvalue weighted by atomic mass is 9.98. The Balaban J connectivity index is 3.31. The summed E-state index contributed by atoms with van der Waals surface area (Å²) >= 11 is 0. The van der Waals surface area contributed by atoms with Crippen molar-refractivity contribution in [1.29, 1.82) is 0 Å². The fourth-order valence-electron chi connectivity index (χ4n) is 1.60. The maximum Gasteiger partial charge on any atom is 0.338 e. The summed E-state index contributed by atoms with van der Waals surface area (Å²) < 4.78 is 4.89. The van der Waals surface area contributed by atoms with Crippen molar-refractivity contribution in [1.82, 2.24) is 0 Å². The molecule has 4 heteroatoms. The molecule has 0 aliphatic rings. The van der Waals surface area contributed by atoms with Gasteiger partial charge in [0.1, 0.15) is 0 Å². The third kappa shape index (κ3) is 2.21. The highest BCUT2D eigenvalue weighted by Crippen LogP contribution is 2.19. The largest absolute Gasteiger partial charge is 0.478 e. The second kappa shape index (κ2) is 4.79. The number of benzene rings is 1. The number of carbonyl (C=O) groups excluding carboxylic acids is 1. The highest BCUT2D eigenvalue weighted by Gasteiger charge is 2.18. The summed E-state index contributed by atoms with van der Waals surface area (Å²) in [6.45, 7) is 5.35. The molecule has 0 heterocycles. The molecular weight excluding hydrogens is 208 g/mol. The van der Waals surface area contributed by atoms with Gasteiger partial charge in [0, 0.05) is 0 Å². The van der Waals surface area contributed by atoms with Crippen LogP contribution in [0.15, 0.2) is 12.1 Å². The molecule has 0 fully saturated rings. The van der Waals surface area contributed by atoms with Crippen LogP contribution in [0.5, 0.6) is 0 Å². The number of aryl methyl sites for hydroxylation is 1. The molecule has 0 aromatic heterocycles. The first kappa shape index (κ1) is 12.2. The predicted octanol–water partition coefficient (Wildman–Crippen LogP) is 2.18. The van der Waals surface area contributed by atoms with Crippen LogP contribution < -0.4 is 0 Å². The number of hydrogen-bond donors (Lipinski definition) is 1.